The number of hydrogen-bond acceptors (Lipinski definition) is 7. The molecule has 3 aromatic carbocycles. The second-order valence-electron chi connectivity index (χ2n) is 9.31. The Labute approximate surface area is 235 Å². The van der Waals surface area contributed by atoms with Gasteiger partial charge < -0.3 is 40.0 Å². The van der Waals surface area contributed by atoms with Crippen LogP contribution < -0.4 is 40.0 Å². The van der Waals surface area contributed by atoms with E-state index in [1.807, 2.05) is 37.3 Å². The van der Waals surface area contributed by atoms with Crippen molar-refractivity contribution in [2.24, 2.45) is 0 Å². The highest BCUT2D eigenvalue weighted by atomic mass is 16.5. The summed E-state index contributed by atoms with van der Waals surface area (Å²) in [5, 5.41) is 8.60. The van der Waals surface area contributed by atoms with Crippen molar-refractivity contribution in [1.82, 2.24) is 5.32 Å². The third kappa shape index (κ3) is 6.88. The molecule has 1 heterocycles. The molecule has 0 bridgehead atoms. The number of para-hydroxylation sites is 2. The molecule has 0 atom stereocenters. The standard InChI is InChI=1S/C30H37N5O5/c1-5-12-31-29(36)25-19-21(32-30(37)33-22-17-23(38-2)20-24(18-22)39-3)10-11-26(25)34-13-15-35(16-14-34)27-8-6-7-9-28(27)40-4/h6-11,17-20H,5,12-16H2,1-4H3,(H,31,36)(H2,32,33,37). The minimum absolute atomic E-state index is 0.175. The molecule has 1 fully saturated rings. The van der Waals surface area contributed by atoms with E-state index in [1.165, 1.54) is 0 Å². The van der Waals surface area contributed by atoms with E-state index in [-0.39, 0.29) is 5.91 Å². The number of hydrogen-bond donors (Lipinski definition) is 3. The molecule has 1 saturated heterocycles. The average Bonchev–Trinajstić information content (AvgIpc) is 2.99. The van der Waals surface area contributed by atoms with Crippen LogP contribution in [0.3, 0.4) is 0 Å². The summed E-state index contributed by atoms with van der Waals surface area (Å²) in [6.45, 7) is 5.60. The van der Waals surface area contributed by atoms with Gasteiger partial charge in [-0.25, -0.2) is 4.79 Å². The van der Waals surface area contributed by atoms with Crippen LogP contribution in [-0.2, 0) is 0 Å². The van der Waals surface area contributed by atoms with Gasteiger partial charge in [-0.1, -0.05) is 19.1 Å². The van der Waals surface area contributed by atoms with Gasteiger partial charge in [-0.3, -0.25) is 4.79 Å². The van der Waals surface area contributed by atoms with Crippen LogP contribution in [0.5, 0.6) is 17.2 Å². The van der Waals surface area contributed by atoms with Gasteiger partial charge in [0.25, 0.3) is 5.91 Å². The van der Waals surface area contributed by atoms with E-state index in [0.29, 0.717) is 35.0 Å². The molecule has 212 valence electrons. The van der Waals surface area contributed by atoms with E-state index in [1.54, 1.807) is 45.6 Å². The van der Waals surface area contributed by atoms with Gasteiger partial charge in [0, 0.05) is 68.0 Å². The quantitative estimate of drug-likeness (QED) is 0.334. The number of benzene rings is 3. The second kappa shape index (κ2) is 13.5. The monoisotopic (exact) mass is 547 g/mol. The molecule has 10 heteroatoms. The van der Waals surface area contributed by atoms with Gasteiger partial charge in [0.2, 0.25) is 0 Å². The largest absolute Gasteiger partial charge is 0.497 e. The maximum atomic E-state index is 13.2. The number of piperazine rings is 1. The van der Waals surface area contributed by atoms with Crippen molar-refractivity contribution in [2.45, 2.75) is 13.3 Å². The maximum absolute atomic E-state index is 13.2. The van der Waals surface area contributed by atoms with Crippen LogP contribution >= 0.6 is 0 Å². The Morgan fingerprint density at radius 1 is 0.750 bits per heavy atom. The highest BCUT2D eigenvalue weighted by Gasteiger charge is 2.24. The number of carbonyl (C=O) groups excluding carboxylic acids is 2. The van der Waals surface area contributed by atoms with Gasteiger partial charge in [0.15, 0.2) is 0 Å². The van der Waals surface area contributed by atoms with Crippen molar-refractivity contribution in [2.75, 3.05) is 74.5 Å². The molecule has 0 saturated carbocycles. The molecule has 4 rings (SSSR count). The van der Waals surface area contributed by atoms with Gasteiger partial charge >= 0.3 is 6.03 Å². The Morgan fingerprint density at radius 3 is 2.00 bits per heavy atom. The molecule has 0 aromatic heterocycles. The second-order valence-corrected chi connectivity index (χ2v) is 9.31. The smallest absolute Gasteiger partial charge is 0.323 e. The zero-order valence-corrected chi connectivity index (χ0v) is 23.5. The van der Waals surface area contributed by atoms with Gasteiger partial charge in [-0.05, 0) is 36.8 Å². The first-order valence-corrected chi connectivity index (χ1v) is 13.3. The first-order valence-electron chi connectivity index (χ1n) is 13.3. The molecule has 40 heavy (non-hydrogen) atoms. The summed E-state index contributed by atoms with van der Waals surface area (Å²) in [4.78, 5) is 30.5. The molecular formula is C30H37N5O5. The normalized spacial score (nSPS) is 12.9. The lowest BCUT2D eigenvalue weighted by Crippen LogP contribution is -2.47. The van der Waals surface area contributed by atoms with Crippen molar-refractivity contribution in [3.05, 3.63) is 66.2 Å². The number of nitrogens with one attached hydrogen (secondary N) is 3. The summed E-state index contributed by atoms with van der Waals surface area (Å²) in [6.07, 6.45) is 0.822. The molecule has 0 radical (unpaired) electrons. The Balaban J connectivity index is 1.50. The first-order chi connectivity index (χ1) is 19.4. The number of methoxy groups -OCH3 is 3. The topological polar surface area (TPSA) is 104 Å². The number of rotatable bonds is 10. The number of carbonyl (C=O) groups is 2. The van der Waals surface area contributed by atoms with E-state index in [9.17, 15) is 9.59 Å². The number of nitrogens with zero attached hydrogens (tertiary/aromatic N) is 2. The van der Waals surface area contributed by atoms with Crippen molar-refractivity contribution >= 4 is 34.7 Å². The summed E-state index contributed by atoms with van der Waals surface area (Å²) in [5.41, 5.74) is 3.42. The summed E-state index contributed by atoms with van der Waals surface area (Å²) in [6, 6.07) is 18.1. The molecule has 3 aromatic rings. The maximum Gasteiger partial charge on any atom is 0.323 e. The minimum Gasteiger partial charge on any atom is -0.497 e. The Hall–Kier alpha value is -4.60. The molecule has 10 nitrogen and oxygen atoms in total. The lowest BCUT2D eigenvalue weighted by Gasteiger charge is -2.38. The zero-order valence-electron chi connectivity index (χ0n) is 23.5. The predicted molar refractivity (Wildman–Crippen MR) is 159 cm³/mol. The number of urea groups is 1. The first kappa shape index (κ1) is 28.4. The van der Waals surface area contributed by atoms with Crippen molar-refractivity contribution < 1.29 is 23.8 Å². The fourth-order valence-corrected chi connectivity index (χ4v) is 4.66. The van der Waals surface area contributed by atoms with Gasteiger partial charge in [0.1, 0.15) is 17.2 Å². The van der Waals surface area contributed by atoms with Crippen LogP contribution in [0.2, 0.25) is 0 Å². The van der Waals surface area contributed by atoms with E-state index in [0.717, 1.165) is 49.7 Å². The van der Waals surface area contributed by atoms with Crippen molar-refractivity contribution in [1.29, 1.82) is 0 Å². The Morgan fingerprint density at radius 2 is 1.38 bits per heavy atom. The van der Waals surface area contributed by atoms with Crippen LogP contribution in [0, 0.1) is 0 Å². The summed E-state index contributed by atoms with van der Waals surface area (Å²) in [7, 11) is 4.77. The molecule has 0 unspecified atom stereocenters. The number of amides is 3. The molecule has 1 aliphatic heterocycles. The average molecular weight is 548 g/mol. The Kier molecular flexibility index (Phi) is 9.56. The molecule has 0 aliphatic carbocycles. The van der Waals surface area contributed by atoms with Gasteiger partial charge in [-0.15, -0.1) is 0 Å². The van der Waals surface area contributed by atoms with Crippen LogP contribution in [0.4, 0.5) is 27.5 Å². The van der Waals surface area contributed by atoms with Crippen LogP contribution in [0.1, 0.15) is 23.7 Å². The highest BCUT2D eigenvalue weighted by Crippen LogP contribution is 2.31. The third-order valence-electron chi connectivity index (χ3n) is 6.69. The summed E-state index contributed by atoms with van der Waals surface area (Å²) >= 11 is 0. The number of ether oxygens (including phenoxy) is 3. The summed E-state index contributed by atoms with van der Waals surface area (Å²) < 4.78 is 16.1. The van der Waals surface area contributed by atoms with Crippen LogP contribution in [-0.4, -0.2) is 66.0 Å². The van der Waals surface area contributed by atoms with E-state index in [2.05, 4.69) is 31.8 Å². The highest BCUT2D eigenvalue weighted by molar-refractivity contribution is 6.04. The predicted octanol–water partition coefficient (Wildman–Crippen LogP) is 4.82. The van der Waals surface area contributed by atoms with Crippen molar-refractivity contribution in [3.8, 4) is 17.2 Å². The number of anilines is 4. The third-order valence-corrected chi connectivity index (χ3v) is 6.69. The lowest BCUT2D eigenvalue weighted by molar-refractivity contribution is 0.0954. The van der Waals surface area contributed by atoms with Gasteiger partial charge in [-0.2, -0.15) is 0 Å². The molecule has 3 N–H and O–H groups in total. The minimum atomic E-state index is -0.451. The Bertz CT molecular complexity index is 1300. The van der Waals surface area contributed by atoms with E-state index in [4.69, 9.17) is 14.2 Å². The lowest BCUT2D eigenvalue weighted by atomic mass is 10.1. The molecule has 3 amide bonds. The summed E-state index contributed by atoms with van der Waals surface area (Å²) in [5.74, 6) is 1.78. The molecule has 0 spiro atoms. The van der Waals surface area contributed by atoms with Crippen LogP contribution in [0.25, 0.3) is 0 Å². The SMILES string of the molecule is CCCNC(=O)c1cc(NC(=O)Nc2cc(OC)cc(OC)c2)ccc1N1CCN(c2ccccc2OC)CC1. The fourth-order valence-electron chi connectivity index (χ4n) is 4.66. The fraction of sp³-hybridized carbons (Fsp3) is 0.333. The molecular weight excluding hydrogens is 510 g/mol. The van der Waals surface area contributed by atoms with E-state index >= 15 is 0 Å². The van der Waals surface area contributed by atoms with Gasteiger partial charge in [0.05, 0.1) is 32.6 Å². The molecule has 1 aliphatic rings. The van der Waals surface area contributed by atoms with Crippen molar-refractivity contribution in [3.63, 3.8) is 0 Å². The zero-order chi connectivity index (χ0) is 28.5. The van der Waals surface area contributed by atoms with Crippen LogP contribution in [0.15, 0.2) is 60.7 Å². The van der Waals surface area contributed by atoms with E-state index < -0.39 is 6.03 Å².